The molecule has 0 aliphatic heterocycles. The minimum absolute atomic E-state index is 0.431. The van der Waals surface area contributed by atoms with Crippen LogP contribution in [0.2, 0.25) is 0 Å². The lowest BCUT2D eigenvalue weighted by atomic mass is 9.84. The van der Waals surface area contributed by atoms with Crippen molar-refractivity contribution in [3.05, 3.63) is 36.1 Å². The Morgan fingerprint density at radius 1 is 1.64 bits per heavy atom. The van der Waals surface area contributed by atoms with Crippen LogP contribution in [0.1, 0.15) is 13.8 Å². The van der Waals surface area contributed by atoms with E-state index in [2.05, 4.69) is 25.7 Å². The first-order valence-corrected chi connectivity index (χ1v) is 3.92. The number of hydrogen-bond donors (Lipinski definition) is 1. The molecule has 1 aliphatic carbocycles. The van der Waals surface area contributed by atoms with Gasteiger partial charge < -0.3 is 5.73 Å². The maximum absolute atomic E-state index is 5.66. The molecule has 0 aromatic carbocycles. The molecule has 0 saturated carbocycles. The average Bonchev–Trinajstić information content (AvgIpc) is 1.94. The third-order valence-corrected chi connectivity index (χ3v) is 2.10. The molecule has 0 radical (unpaired) electrons. The van der Waals surface area contributed by atoms with Crippen LogP contribution < -0.4 is 5.73 Å². The summed E-state index contributed by atoms with van der Waals surface area (Å²) in [6, 6.07) is 0. The smallest absolute Gasteiger partial charge is 0.0276 e. The molecule has 2 atom stereocenters. The van der Waals surface area contributed by atoms with Crippen LogP contribution in [-0.4, -0.2) is 0 Å². The Morgan fingerprint density at radius 2 is 2.27 bits per heavy atom. The van der Waals surface area contributed by atoms with E-state index in [0.717, 1.165) is 5.70 Å². The fourth-order valence-electron chi connectivity index (χ4n) is 1.39. The summed E-state index contributed by atoms with van der Waals surface area (Å²) in [4.78, 5) is 0. The van der Waals surface area contributed by atoms with Gasteiger partial charge in [0.1, 0.15) is 0 Å². The molecule has 0 fully saturated rings. The van der Waals surface area contributed by atoms with E-state index in [9.17, 15) is 0 Å². The summed E-state index contributed by atoms with van der Waals surface area (Å²) < 4.78 is 0. The standard InChI is InChI=1S/C10H15N/c1-7(2)10-6-9(11)5-4-8(10)3/h4-6,8,10H,1,11H2,2-3H3. The van der Waals surface area contributed by atoms with E-state index < -0.39 is 0 Å². The van der Waals surface area contributed by atoms with Crippen molar-refractivity contribution in [1.82, 2.24) is 0 Å². The van der Waals surface area contributed by atoms with Gasteiger partial charge in [-0.3, -0.25) is 0 Å². The van der Waals surface area contributed by atoms with E-state index in [0.29, 0.717) is 11.8 Å². The maximum atomic E-state index is 5.66. The Morgan fingerprint density at radius 3 is 2.73 bits per heavy atom. The Bertz CT molecular complexity index is 223. The minimum Gasteiger partial charge on any atom is -0.399 e. The predicted molar refractivity (Wildman–Crippen MR) is 48.9 cm³/mol. The van der Waals surface area contributed by atoms with Crippen LogP contribution in [-0.2, 0) is 0 Å². The van der Waals surface area contributed by atoms with Gasteiger partial charge in [-0.1, -0.05) is 31.2 Å². The van der Waals surface area contributed by atoms with Gasteiger partial charge in [-0.2, -0.15) is 0 Å². The topological polar surface area (TPSA) is 26.0 Å². The quantitative estimate of drug-likeness (QED) is 0.568. The third-order valence-electron chi connectivity index (χ3n) is 2.10. The molecule has 0 bridgehead atoms. The predicted octanol–water partition coefficient (Wildman–Crippen LogP) is 2.23. The Balaban J connectivity index is 2.81. The summed E-state index contributed by atoms with van der Waals surface area (Å²) in [5, 5.41) is 0. The van der Waals surface area contributed by atoms with Gasteiger partial charge in [0.2, 0.25) is 0 Å². The molecule has 0 saturated heterocycles. The molecule has 2 unspecified atom stereocenters. The normalized spacial score (nSPS) is 29.8. The second kappa shape index (κ2) is 2.95. The maximum Gasteiger partial charge on any atom is 0.0276 e. The van der Waals surface area contributed by atoms with Gasteiger partial charge in [0.05, 0.1) is 0 Å². The molecule has 0 heterocycles. The van der Waals surface area contributed by atoms with Crippen LogP contribution in [0.3, 0.4) is 0 Å². The first-order valence-electron chi connectivity index (χ1n) is 3.92. The number of hydrogen-bond acceptors (Lipinski definition) is 1. The highest BCUT2D eigenvalue weighted by Gasteiger charge is 2.15. The Labute approximate surface area is 68.3 Å². The molecule has 1 heteroatoms. The van der Waals surface area contributed by atoms with Crippen LogP contribution in [0, 0.1) is 11.8 Å². The highest BCUT2D eigenvalue weighted by molar-refractivity contribution is 5.27. The van der Waals surface area contributed by atoms with Crippen molar-refractivity contribution in [2.45, 2.75) is 13.8 Å². The molecule has 0 spiro atoms. The number of allylic oxidation sites excluding steroid dienone is 4. The molecular weight excluding hydrogens is 134 g/mol. The van der Waals surface area contributed by atoms with Crippen LogP contribution >= 0.6 is 0 Å². The third kappa shape index (κ3) is 1.73. The van der Waals surface area contributed by atoms with Gasteiger partial charge >= 0.3 is 0 Å². The molecule has 60 valence electrons. The zero-order valence-electron chi connectivity index (χ0n) is 7.17. The lowest BCUT2D eigenvalue weighted by molar-refractivity contribution is 0.573. The van der Waals surface area contributed by atoms with E-state index in [1.807, 2.05) is 13.0 Å². The molecule has 2 N–H and O–H groups in total. The van der Waals surface area contributed by atoms with Crippen molar-refractivity contribution in [1.29, 1.82) is 0 Å². The van der Waals surface area contributed by atoms with Gasteiger partial charge in [0.25, 0.3) is 0 Å². The van der Waals surface area contributed by atoms with Crippen molar-refractivity contribution in [3.8, 4) is 0 Å². The average molecular weight is 149 g/mol. The second-order valence-corrected chi connectivity index (χ2v) is 3.26. The molecule has 1 rings (SSSR count). The van der Waals surface area contributed by atoms with Gasteiger partial charge in [0.15, 0.2) is 0 Å². The van der Waals surface area contributed by atoms with E-state index in [1.54, 1.807) is 0 Å². The van der Waals surface area contributed by atoms with E-state index >= 15 is 0 Å². The molecule has 11 heavy (non-hydrogen) atoms. The number of rotatable bonds is 1. The van der Waals surface area contributed by atoms with E-state index in [-0.39, 0.29) is 0 Å². The largest absolute Gasteiger partial charge is 0.399 e. The highest BCUT2D eigenvalue weighted by Crippen LogP contribution is 2.26. The second-order valence-electron chi connectivity index (χ2n) is 3.26. The fraction of sp³-hybridized carbons (Fsp3) is 0.400. The molecule has 0 aromatic rings. The van der Waals surface area contributed by atoms with Gasteiger partial charge in [-0.15, -0.1) is 0 Å². The molecule has 1 aliphatic rings. The van der Waals surface area contributed by atoms with E-state index in [4.69, 9.17) is 5.73 Å². The number of nitrogens with two attached hydrogens (primary N) is 1. The highest BCUT2D eigenvalue weighted by atomic mass is 14.6. The summed E-state index contributed by atoms with van der Waals surface area (Å²) in [5.41, 5.74) is 7.70. The minimum atomic E-state index is 0.431. The SMILES string of the molecule is C=C(C)C1C=C(N)C=CC1C. The van der Waals surface area contributed by atoms with Crippen LogP contribution in [0.25, 0.3) is 0 Å². The summed E-state index contributed by atoms with van der Waals surface area (Å²) in [5.74, 6) is 0.972. The van der Waals surface area contributed by atoms with Gasteiger partial charge in [-0.25, -0.2) is 0 Å². The Kier molecular flexibility index (Phi) is 2.18. The van der Waals surface area contributed by atoms with Crippen LogP contribution in [0.4, 0.5) is 0 Å². The van der Waals surface area contributed by atoms with E-state index in [1.165, 1.54) is 5.57 Å². The van der Waals surface area contributed by atoms with Crippen molar-refractivity contribution in [2.24, 2.45) is 17.6 Å². The molecule has 1 nitrogen and oxygen atoms in total. The monoisotopic (exact) mass is 149 g/mol. The van der Waals surface area contributed by atoms with Crippen molar-refractivity contribution in [2.75, 3.05) is 0 Å². The van der Waals surface area contributed by atoms with Crippen LogP contribution in [0.15, 0.2) is 36.1 Å². The summed E-state index contributed by atoms with van der Waals surface area (Å²) >= 11 is 0. The van der Waals surface area contributed by atoms with Crippen molar-refractivity contribution in [3.63, 3.8) is 0 Å². The zero-order chi connectivity index (χ0) is 8.43. The first-order chi connectivity index (χ1) is 5.11. The summed E-state index contributed by atoms with van der Waals surface area (Å²) in [6.07, 6.45) is 6.17. The van der Waals surface area contributed by atoms with Crippen molar-refractivity contribution >= 4 is 0 Å². The molecular formula is C10H15N. The van der Waals surface area contributed by atoms with Crippen LogP contribution in [0.5, 0.6) is 0 Å². The Hall–Kier alpha value is -0.980. The zero-order valence-corrected chi connectivity index (χ0v) is 7.17. The lowest BCUT2D eigenvalue weighted by Gasteiger charge is -2.21. The lowest BCUT2D eigenvalue weighted by Crippen LogP contribution is -2.14. The fourth-order valence-corrected chi connectivity index (χ4v) is 1.39. The molecule has 0 amide bonds. The van der Waals surface area contributed by atoms with Gasteiger partial charge in [-0.05, 0) is 18.9 Å². The van der Waals surface area contributed by atoms with Crippen molar-refractivity contribution < 1.29 is 0 Å². The molecule has 0 aromatic heterocycles. The van der Waals surface area contributed by atoms with Gasteiger partial charge in [0, 0.05) is 11.6 Å². The first kappa shape index (κ1) is 8.12. The summed E-state index contributed by atoms with van der Waals surface area (Å²) in [6.45, 7) is 8.15. The summed E-state index contributed by atoms with van der Waals surface area (Å²) in [7, 11) is 0.